The van der Waals surface area contributed by atoms with Crippen LogP contribution in [0.25, 0.3) is 33.0 Å². The number of aryl methyl sites for hydroxylation is 1. The number of nitrogens with zero attached hydrogens (tertiary/aromatic N) is 2. The number of carbonyl (C=O) groups excluding carboxylic acids is 1. The Kier molecular flexibility index (Phi) is 4.72. The zero-order chi connectivity index (χ0) is 21.4. The number of imidazole rings is 1. The molecule has 0 aliphatic carbocycles. The lowest BCUT2D eigenvalue weighted by Crippen LogP contribution is -2.23. The van der Waals surface area contributed by atoms with Crippen molar-refractivity contribution in [3.63, 3.8) is 0 Å². The fourth-order valence-corrected chi connectivity index (χ4v) is 4.24. The van der Waals surface area contributed by atoms with Crippen molar-refractivity contribution in [2.45, 2.75) is 0 Å². The topological polar surface area (TPSA) is 79.8 Å². The number of hydrogen-bond donors (Lipinski definition) is 2. The van der Waals surface area contributed by atoms with E-state index in [1.54, 1.807) is 24.3 Å². The number of nitrogens with one attached hydrogen (secondary N) is 2. The first-order valence-corrected chi connectivity index (χ1v) is 10.6. The third kappa shape index (κ3) is 3.55. The second kappa shape index (κ2) is 7.70. The predicted molar refractivity (Wildman–Crippen MR) is 124 cm³/mol. The molecule has 0 aliphatic heterocycles. The molecule has 3 heterocycles. The maximum Gasteiger partial charge on any atom is 0.261 e. The van der Waals surface area contributed by atoms with Crippen molar-refractivity contribution in [1.82, 2.24) is 14.5 Å². The van der Waals surface area contributed by atoms with E-state index in [1.165, 1.54) is 11.3 Å². The highest BCUT2D eigenvalue weighted by atomic mass is 32.1. The highest BCUT2D eigenvalue weighted by molar-refractivity contribution is 7.13. The normalized spacial score (nSPS) is 11.0. The van der Waals surface area contributed by atoms with Gasteiger partial charge < -0.3 is 14.9 Å². The summed E-state index contributed by atoms with van der Waals surface area (Å²) in [6.45, 7) is 0. The van der Waals surface area contributed by atoms with E-state index in [9.17, 15) is 9.59 Å². The SMILES string of the molecule is Cn1c(-c2ccc(NC(=O)c3ccc(-c4cccs4)[nH]c3=O)cc2)nc2ccccc21. The average Bonchev–Trinajstić information content (AvgIpc) is 3.43. The van der Waals surface area contributed by atoms with Crippen molar-refractivity contribution in [3.8, 4) is 22.0 Å². The first-order valence-electron chi connectivity index (χ1n) is 9.70. The van der Waals surface area contributed by atoms with Gasteiger partial charge in [-0.2, -0.15) is 0 Å². The lowest BCUT2D eigenvalue weighted by molar-refractivity contribution is 0.102. The fourth-order valence-electron chi connectivity index (χ4n) is 3.53. The molecule has 1 amide bonds. The molecule has 0 aliphatic rings. The molecule has 0 fully saturated rings. The summed E-state index contributed by atoms with van der Waals surface area (Å²) in [6, 6.07) is 22.5. The Hall–Kier alpha value is -3.97. The summed E-state index contributed by atoms with van der Waals surface area (Å²) in [5, 5.41) is 4.73. The number of H-pyrrole nitrogens is 1. The summed E-state index contributed by atoms with van der Waals surface area (Å²) in [5.74, 6) is 0.397. The van der Waals surface area contributed by atoms with Gasteiger partial charge in [0.25, 0.3) is 11.5 Å². The number of amides is 1. The van der Waals surface area contributed by atoms with Crippen molar-refractivity contribution < 1.29 is 4.79 Å². The lowest BCUT2D eigenvalue weighted by atomic mass is 10.1. The Bertz CT molecular complexity index is 1450. The number of thiophene rings is 1. The standard InChI is InChI=1S/C24H18N4O2S/c1-28-20-6-3-2-5-18(20)26-22(28)15-8-10-16(11-9-15)25-23(29)17-12-13-19(27-24(17)30)21-7-4-14-31-21/h2-14H,1H3,(H,25,29)(H,27,30). The number of benzene rings is 2. The van der Waals surface area contributed by atoms with Crippen LogP contribution in [0.15, 0.2) is 83.0 Å². The number of carbonyl (C=O) groups is 1. The molecule has 152 valence electrons. The number of rotatable bonds is 4. The number of hydrogen-bond acceptors (Lipinski definition) is 4. The number of para-hydroxylation sites is 2. The third-order valence-corrected chi connectivity index (χ3v) is 6.03. The van der Waals surface area contributed by atoms with E-state index in [-0.39, 0.29) is 5.56 Å². The molecule has 3 aromatic heterocycles. The quantitative estimate of drug-likeness (QED) is 0.429. The van der Waals surface area contributed by atoms with Crippen LogP contribution in [0.5, 0.6) is 0 Å². The van der Waals surface area contributed by atoms with Gasteiger partial charge in [-0.3, -0.25) is 9.59 Å². The van der Waals surface area contributed by atoms with Gasteiger partial charge in [0.1, 0.15) is 11.4 Å². The minimum atomic E-state index is -0.450. The largest absolute Gasteiger partial charge is 0.327 e. The molecule has 7 heteroatoms. The summed E-state index contributed by atoms with van der Waals surface area (Å²) in [4.78, 5) is 33.4. The van der Waals surface area contributed by atoms with Gasteiger partial charge in [-0.1, -0.05) is 18.2 Å². The molecule has 0 saturated heterocycles. The van der Waals surface area contributed by atoms with Crippen molar-refractivity contribution in [3.05, 3.63) is 94.1 Å². The number of fused-ring (bicyclic) bond motifs is 1. The van der Waals surface area contributed by atoms with Gasteiger partial charge in [0.05, 0.1) is 21.6 Å². The van der Waals surface area contributed by atoms with Gasteiger partial charge >= 0.3 is 0 Å². The molecule has 5 aromatic rings. The van der Waals surface area contributed by atoms with E-state index in [0.29, 0.717) is 11.4 Å². The van der Waals surface area contributed by atoms with Crippen LogP contribution in [0.4, 0.5) is 5.69 Å². The summed E-state index contributed by atoms with van der Waals surface area (Å²) in [7, 11) is 1.98. The number of aromatic amines is 1. The minimum Gasteiger partial charge on any atom is -0.327 e. The van der Waals surface area contributed by atoms with Crippen LogP contribution in [0.2, 0.25) is 0 Å². The van der Waals surface area contributed by atoms with E-state index >= 15 is 0 Å². The van der Waals surface area contributed by atoms with Crippen LogP contribution < -0.4 is 10.9 Å². The molecule has 0 radical (unpaired) electrons. The fraction of sp³-hybridized carbons (Fsp3) is 0.0417. The van der Waals surface area contributed by atoms with Gasteiger partial charge in [0, 0.05) is 18.3 Å². The highest BCUT2D eigenvalue weighted by Gasteiger charge is 2.13. The van der Waals surface area contributed by atoms with Crippen molar-refractivity contribution in [2.24, 2.45) is 7.05 Å². The molecule has 0 bridgehead atoms. The zero-order valence-corrected chi connectivity index (χ0v) is 17.4. The summed E-state index contributed by atoms with van der Waals surface area (Å²) >= 11 is 1.53. The third-order valence-electron chi connectivity index (χ3n) is 5.13. The summed E-state index contributed by atoms with van der Waals surface area (Å²) < 4.78 is 2.04. The number of anilines is 1. The first-order chi connectivity index (χ1) is 15.1. The van der Waals surface area contributed by atoms with Crippen molar-refractivity contribution in [2.75, 3.05) is 5.32 Å². The molecule has 0 unspecified atom stereocenters. The number of aromatic nitrogens is 3. The summed E-state index contributed by atoms with van der Waals surface area (Å²) in [5.41, 5.74) is 3.88. The molecule has 0 spiro atoms. The van der Waals surface area contributed by atoms with Gasteiger partial charge in [-0.15, -0.1) is 11.3 Å². The molecule has 0 saturated carbocycles. The maximum atomic E-state index is 12.6. The Morgan fingerprint density at radius 2 is 1.81 bits per heavy atom. The van der Waals surface area contributed by atoms with E-state index in [1.807, 2.05) is 65.5 Å². The van der Waals surface area contributed by atoms with E-state index in [4.69, 9.17) is 4.98 Å². The molecule has 31 heavy (non-hydrogen) atoms. The predicted octanol–water partition coefficient (Wildman–Crippen LogP) is 4.91. The van der Waals surface area contributed by atoms with Crippen molar-refractivity contribution in [1.29, 1.82) is 0 Å². The Morgan fingerprint density at radius 3 is 2.52 bits per heavy atom. The minimum absolute atomic E-state index is 0.0692. The van der Waals surface area contributed by atoms with Crippen LogP contribution in [-0.4, -0.2) is 20.4 Å². The number of pyridine rings is 1. The molecule has 2 N–H and O–H groups in total. The van der Waals surface area contributed by atoms with Crippen LogP contribution in [0.1, 0.15) is 10.4 Å². The second-order valence-corrected chi connectivity index (χ2v) is 8.05. The maximum absolute atomic E-state index is 12.6. The van der Waals surface area contributed by atoms with Gasteiger partial charge in [-0.05, 0) is 60.0 Å². The van der Waals surface area contributed by atoms with E-state index in [0.717, 1.165) is 27.3 Å². The first kappa shape index (κ1) is 19.0. The summed E-state index contributed by atoms with van der Waals surface area (Å²) in [6.07, 6.45) is 0. The second-order valence-electron chi connectivity index (χ2n) is 7.11. The molecular weight excluding hydrogens is 408 g/mol. The monoisotopic (exact) mass is 426 g/mol. The van der Waals surface area contributed by atoms with Gasteiger partial charge in [-0.25, -0.2) is 4.98 Å². The molecule has 6 nitrogen and oxygen atoms in total. The zero-order valence-electron chi connectivity index (χ0n) is 16.6. The van der Waals surface area contributed by atoms with Gasteiger partial charge in [0.15, 0.2) is 0 Å². The Balaban J connectivity index is 1.36. The lowest BCUT2D eigenvalue weighted by Gasteiger charge is -2.07. The molecule has 2 aromatic carbocycles. The van der Waals surface area contributed by atoms with Crippen LogP contribution in [-0.2, 0) is 7.05 Å². The molecular formula is C24H18N4O2S. The Labute approximate surface area is 181 Å². The van der Waals surface area contributed by atoms with Crippen LogP contribution in [0.3, 0.4) is 0 Å². The van der Waals surface area contributed by atoms with Crippen LogP contribution in [0, 0.1) is 0 Å². The van der Waals surface area contributed by atoms with E-state index in [2.05, 4.69) is 10.3 Å². The van der Waals surface area contributed by atoms with Crippen molar-refractivity contribution >= 4 is 34.0 Å². The van der Waals surface area contributed by atoms with Crippen LogP contribution >= 0.6 is 11.3 Å². The molecule has 0 atom stereocenters. The average molecular weight is 427 g/mol. The van der Waals surface area contributed by atoms with Gasteiger partial charge in [0.2, 0.25) is 0 Å². The van der Waals surface area contributed by atoms with E-state index < -0.39 is 11.5 Å². The smallest absolute Gasteiger partial charge is 0.261 e. The Morgan fingerprint density at radius 1 is 1.00 bits per heavy atom. The molecule has 5 rings (SSSR count). The highest BCUT2D eigenvalue weighted by Crippen LogP contribution is 2.25.